The second kappa shape index (κ2) is 8.06. The summed E-state index contributed by atoms with van der Waals surface area (Å²) in [6.07, 6.45) is 6.85. The molecule has 1 spiro atoms. The highest BCUT2D eigenvalue weighted by Gasteiger charge is 2.69. The minimum absolute atomic E-state index is 0.0840. The number of carboxylic acids is 1. The van der Waals surface area contributed by atoms with Crippen molar-refractivity contribution in [1.82, 2.24) is 0 Å². The van der Waals surface area contributed by atoms with Crippen molar-refractivity contribution in [1.29, 1.82) is 0 Å². The first-order valence-electron chi connectivity index (χ1n) is 10.9. The summed E-state index contributed by atoms with van der Waals surface area (Å²) in [5, 5.41) is 8.75. The number of ether oxygens (including phenoxy) is 2. The number of aliphatic carboxylic acids is 1. The number of carboxylic acid groups (broad SMARTS) is 1. The molecule has 4 heterocycles. The van der Waals surface area contributed by atoms with Crippen molar-refractivity contribution in [3.8, 4) is 0 Å². The van der Waals surface area contributed by atoms with Crippen LogP contribution in [0.25, 0.3) is 0 Å². The Morgan fingerprint density at radius 3 is 2.71 bits per heavy atom. The SMILES string of the molecule is C[C@H]1[C@H](SCCCCCC(=O)O)O[C@@H]2O[C@@]3(C)CC[C@H]4[C@H](C)CC[C@@H]1[C@@]24OO3. The molecule has 0 aromatic carbocycles. The van der Waals surface area contributed by atoms with Crippen LogP contribution >= 0.6 is 11.8 Å². The minimum atomic E-state index is -0.718. The molecular formula is C21H34O6S. The molecule has 1 saturated carbocycles. The summed E-state index contributed by atoms with van der Waals surface area (Å²) >= 11 is 1.85. The molecule has 5 aliphatic rings. The van der Waals surface area contributed by atoms with Crippen molar-refractivity contribution < 1.29 is 29.1 Å². The van der Waals surface area contributed by atoms with Gasteiger partial charge in [-0.1, -0.05) is 20.3 Å². The fraction of sp³-hybridized carbons (Fsp3) is 0.952. The number of rotatable bonds is 7. The van der Waals surface area contributed by atoms with Gasteiger partial charge in [0.1, 0.15) is 5.44 Å². The largest absolute Gasteiger partial charge is 0.481 e. The molecule has 28 heavy (non-hydrogen) atoms. The van der Waals surface area contributed by atoms with E-state index in [1.807, 2.05) is 18.7 Å². The zero-order chi connectivity index (χ0) is 19.9. The Labute approximate surface area is 171 Å². The van der Waals surface area contributed by atoms with E-state index in [4.69, 9.17) is 24.4 Å². The van der Waals surface area contributed by atoms with Gasteiger partial charge < -0.3 is 14.6 Å². The van der Waals surface area contributed by atoms with Crippen LogP contribution in [0.3, 0.4) is 0 Å². The zero-order valence-electron chi connectivity index (χ0n) is 17.2. The Morgan fingerprint density at radius 2 is 1.93 bits per heavy atom. The molecule has 0 aromatic heterocycles. The first-order valence-corrected chi connectivity index (χ1v) is 11.9. The lowest BCUT2D eigenvalue weighted by Gasteiger charge is -2.60. The first-order chi connectivity index (χ1) is 13.4. The van der Waals surface area contributed by atoms with E-state index >= 15 is 0 Å². The monoisotopic (exact) mass is 414 g/mol. The van der Waals surface area contributed by atoms with E-state index in [1.165, 1.54) is 6.42 Å². The molecule has 5 rings (SSSR count). The predicted molar refractivity (Wildman–Crippen MR) is 105 cm³/mol. The lowest BCUT2D eigenvalue weighted by Crippen LogP contribution is -2.70. The Hall–Kier alpha value is -0.340. The predicted octanol–water partition coefficient (Wildman–Crippen LogP) is 4.57. The maximum Gasteiger partial charge on any atom is 0.303 e. The Kier molecular flexibility index (Phi) is 6.02. The number of fused-ring (bicyclic) bond motifs is 2. The van der Waals surface area contributed by atoms with Crippen molar-refractivity contribution >= 4 is 17.7 Å². The molecule has 1 N–H and O–H groups in total. The molecule has 2 bridgehead atoms. The van der Waals surface area contributed by atoms with E-state index in [-0.39, 0.29) is 18.1 Å². The lowest BCUT2D eigenvalue weighted by molar-refractivity contribution is -0.568. The van der Waals surface area contributed by atoms with E-state index in [0.717, 1.165) is 44.3 Å². The Bertz CT molecular complexity index is 587. The van der Waals surface area contributed by atoms with Gasteiger partial charge in [0, 0.05) is 18.8 Å². The highest BCUT2D eigenvalue weighted by atomic mass is 32.2. The summed E-state index contributed by atoms with van der Waals surface area (Å²) in [5.41, 5.74) is -0.397. The summed E-state index contributed by atoms with van der Waals surface area (Å²) in [7, 11) is 0. The summed E-state index contributed by atoms with van der Waals surface area (Å²) in [5.74, 6) is 1.29. The number of hydrogen-bond donors (Lipinski definition) is 1. The van der Waals surface area contributed by atoms with Crippen LogP contribution in [0.1, 0.15) is 72.1 Å². The fourth-order valence-corrected chi connectivity index (χ4v) is 7.09. The minimum Gasteiger partial charge on any atom is -0.481 e. The fourth-order valence-electron chi connectivity index (χ4n) is 5.82. The second-order valence-corrected chi connectivity index (χ2v) is 10.6. The highest BCUT2D eigenvalue weighted by Crippen LogP contribution is 2.61. The van der Waals surface area contributed by atoms with Gasteiger partial charge in [0.05, 0.1) is 0 Å². The number of thioether (sulfide) groups is 1. The van der Waals surface area contributed by atoms with Crippen molar-refractivity contribution in [2.24, 2.45) is 23.7 Å². The van der Waals surface area contributed by atoms with Crippen LogP contribution in [0.2, 0.25) is 0 Å². The van der Waals surface area contributed by atoms with Crippen LogP contribution in [0, 0.1) is 23.7 Å². The van der Waals surface area contributed by atoms with Crippen LogP contribution in [-0.2, 0) is 24.0 Å². The number of unbranched alkanes of at least 4 members (excludes halogenated alkanes) is 2. The molecule has 160 valence electrons. The first kappa shape index (κ1) is 20.9. The number of hydrogen-bond acceptors (Lipinski definition) is 6. The van der Waals surface area contributed by atoms with Crippen LogP contribution in [0.5, 0.6) is 0 Å². The summed E-state index contributed by atoms with van der Waals surface area (Å²) in [4.78, 5) is 22.7. The van der Waals surface area contributed by atoms with Gasteiger partial charge in [0.2, 0.25) is 5.79 Å². The van der Waals surface area contributed by atoms with Crippen molar-refractivity contribution in [2.75, 3.05) is 5.75 Å². The maximum absolute atomic E-state index is 10.6. The van der Waals surface area contributed by atoms with E-state index in [0.29, 0.717) is 23.7 Å². The molecular weight excluding hydrogens is 380 g/mol. The molecule has 0 aromatic rings. The molecule has 4 saturated heterocycles. The van der Waals surface area contributed by atoms with Gasteiger partial charge in [0.25, 0.3) is 0 Å². The molecule has 5 fully saturated rings. The Morgan fingerprint density at radius 1 is 1.11 bits per heavy atom. The molecule has 0 radical (unpaired) electrons. The Balaban J connectivity index is 1.43. The van der Waals surface area contributed by atoms with Gasteiger partial charge in [-0.2, -0.15) is 0 Å². The van der Waals surface area contributed by atoms with E-state index in [9.17, 15) is 4.79 Å². The van der Waals surface area contributed by atoms with E-state index in [2.05, 4.69) is 13.8 Å². The molecule has 4 aliphatic heterocycles. The smallest absolute Gasteiger partial charge is 0.303 e. The third-order valence-corrected chi connectivity index (χ3v) is 8.81. The van der Waals surface area contributed by atoms with Crippen LogP contribution in [-0.4, -0.2) is 39.9 Å². The lowest BCUT2D eigenvalue weighted by atomic mass is 9.58. The van der Waals surface area contributed by atoms with Crippen molar-refractivity contribution in [3.63, 3.8) is 0 Å². The topological polar surface area (TPSA) is 74.2 Å². The summed E-state index contributed by atoms with van der Waals surface area (Å²) in [6.45, 7) is 6.58. The standard InChI is InChI=1S/C21H34O6S/c1-13-8-9-16-14(2)18(28-12-6-4-5-7-17(22)23)24-19-21(16)15(13)10-11-20(3,25-19)26-27-21/h13-16,18-19H,4-12H2,1-3H3,(H,22,23)/t13-,14-,15+,16+,18+,19-,20-,21-/m1/s1. The number of carbonyl (C=O) groups is 1. The van der Waals surface area contributed by atoms with Crippen LogP contribution in [0.15, 0.2) is 0 Å². The molecule has 8 atom stereocenters. The van der Waals surface area contributed by atoms with Gasteiger partial charge in [-0.15, -0.1) is 11.8 Å². The molecule has 1 aliphatic carbocycles. The van der Waals surface area contributed by atoms with Crippen molar-refractivity contribution in [2.45, 2.75) is 95.3 Å². The van der Waals surface area contributed by atoms with Crippen LogP contribution in [0.4, 0.5) is 0 Å². The normalized spacial score (nSPS) is 47.4. The van der Waals surface area contributed by atoms with Gasteiger partial charge in [-0.3, -0.25) is 4.79 Å². The summed E-state index contributed by atoms with van der Waals surface area (Å²) in [6, 6.07) is 0. The van der Waals surface area contributed by atoms with Gasteiger partial charge >= 0.3 is 5.97 Å². The average Bonchev–Trinajstić information content (AvgIpc) is 2.88. The van der Waals surface area contributed by atoms with Crippen molar-refractivity contribution in [3.05, 3.63) is 0 Å². The third-order valence-electron chi connectivity index (χ3n) is 7.41. The van der Waals surface area contributed by atoms with E-state index < -0.39 is 17.4 Å². The highest BCUT2D eigenvalue weighted by molar-refractivity contribution is 7.99. The zero-order valence-corrected chi connectivity index (χ0v) is 18.0. The van der Waals surface area contributed by atoms with Crippen LogP contribution < -0.4 is 0 Å². The second-order valence-electron chi connectivity index (χ2n) is 9.35. The van der Waals surface area contributed by atoms with E-state index in [1.54, 1.807) is 0 Å². The average molecular weight is 415 g/mol. The molecule has 0 amide bonds. The molecule has 0 unspecified atom stereocenters. The van der Waals surface area contributed by atoms with Gasteiger partial charge in [-0.25, -0.2) is 9.78 Å². The molecule has 7 heteroatoms. The summed E-state index contributed by atoms with van der Waals surface area (Å²) < 4.78 is 12.9. The maximum atomic E-state index is 10.6. The quantitative estimate of drug-likeness (QED) is 0.483. The third kappa shape index (κ3) is 3.62. The van der Waals surface area contributed by atoms with Gasteiger partial charge in [0.15, 0.2) is 11.9 Å². The van der Waals surface area contributed by atoms with Gasteiger partial charge in [-0.05, 0) is 62.5 Å². The molecule has 6 nitrogen and oxygen atoms in total.